The zero-order valence-electron chi connectivity index (χ0n) is 15.7. The van der Waals surface area contributed by atoms with E-state index < -0.39 is 0 Å². The summed E-state index contributed by atoms with van der Waals surface area (Å²) >= 11 is 0. The van der Waals surface area contributed by atoms with E-state index in [1.165, 1.54) is 11.1 Å². The summed E-state index contributed by atoms with van der Waals surface area (Å²) in [5.41, 5.74) is 3.58. The lowest BCUT2D eigenvalue weighted by Crippen LogP contribution is -2.35. The number of nitrogens with zero attached hydrogens (tertiary/aromatic N) is 2. The predicted molar refractivity (Wildman–Crippen MR) is 108 cm³/mol. The van der Waals surface area contributed by atoms with Gasteiger partial charge in [-0.15, -0.1) is 0 Å². The molecule has 0 unspecified atom stereocenters. The topological polar surface area (TPSA) is 59.0 Å². The third kappa shape index (κ3) is 5.99. The number of imidazole rings is 1. The van der Waals surface area contributed by atoms with Crippen LogP contribution in [0.3, 0.4) is 0 Å². The Bertz CT molecular complexity index is 858. The van der Waals surface area contributed by atoms with Crippen molar-refractivity contribution in [2.75, 3.05) is 6.54 Å². The third-order valence-corrected chi connectivity index (χ3v) is 4.49. The first-order valence-electron chi connectivity index (χ1n) is 9.32. The number of rotatable bonds is 8. The summed E-state index contributed by atoms with van der Waals surface area (Å²) in [6, 6.07) is 18.4. The van der Waals surface area contributed by atoms with E-state index in [9.17, 15) is 4.79 Å². The van der Waals surface area contributed by atoms with E-state index in [0.717, 1.165) is 30.8 Å². The van der Waals surface area contributed by atoms with Crippen molar-refractivity contribution in [3.05, 3.63) is 89.5 Å². The van der Waals surface area contributed by atoms with Gasteiger partial charge in [-0.3, -0.25) is 0 Å². The molecule has 0 radical (unpaired) electrons. The van der Waals surface area contributed by atoms with Gasteiger partial charge in [0, 0.05) is 32.0 Å². The summed E-state index contributed by atoms with van der Waals surface area (Å²) in [4.78, 5) is 16.2. The SMILES string of the molecule is Cc1nccn1Cc1cccc(CNC(=O)NCCCc2ccccc2)c1. The Labute approximate surface area is 160 Å². The number of urea groups is 1. The van der Waals surface area contributed by atoms with Crippen LogP contribution in [0.15, 0.2) is 67.0 Å². The lowest BCUT2D eigenvalue weighted by Gasteiger charge is -2.10. The van der Waals surface area contributed by atoms with Crippen LogP contribution >= 0.6 is 0 Å². The number of benzene rings is 2. The van der Waals surface area contributed by atoms with Crippen molar-refractivity contribution < 1.29 is 4.79 Å². The first-order chi connectivity index (χ1) is 13.2. The van der Waals surface area contributed by atoms with Gasteiger partial charge in [0.2, 0.25) is 0 Å². The van der Waals surface area contributed by atoms with Crippen LogP contribution in [-0.4, -0.2) is 22.1 Å². The zero-order valence-corrected chi connectivity index (χ0v) is 15.7. The summed E-state index contributed by atoms with van der Waals surface area (Å²) in [5.74, 6) is 0.994. The van der Waals surface area contributed by atoms with E-state index in [1.807, 2.05) is 49.6 Å². The van der Waals surface area contributed by atoms with Gasteiger partial charge >= 0.3 is 6.03 Å². The standard InChI is InChI=1S/C22H26N4O/c1-18-23-13-14-26(18)17-21-10-5-9-20(15-21)16-25-22(27)24-12-6-11-19-7-3-2-4-8-19/h2-5,7-10,13-15H,6,11-12,16-17H2,1H3,(H2,24,25,27). The number of hydrogen-bond acceptors (Lipinski definition) is 2. The quantitative estimate of drug-likeness (QED) is 0.601. The molecule has 2 N–H and O–H groups in total. The van der Waals surface area contributed by atoms with Crippen molar-refractivity contribution in [3.63, 3.8) is 0 Å². The van der Waals surface area contributed by atoms with Crippen molar-refractivity contribution in [2.45, 2.75) is 32.9 Å². The van der Waals surface area contributed by atoms with E-state index in [1.54, 1.807) is 0 Å². The van der Waals surface area contributed by atoms with E-state index >= 15 is 0 Å². The molecule has 3 aromatic rings. The Morgan fingerprint density at radius 1 is 1.00 bits per heavy atom. The van der Waals surface area contributed by atoms with Gasteiger partial charge in [-0.2, -0.15) is 0 Å². The molecular weight excluding hydrogens is 336 g/mol. The summed E-state index contributed by atoms with van der Waals surface area (Å²) in [5, 5.41) is 5.85. The average Bonchev–Trinajstić information content (AvgIpc) is 3.09. The lowest BCUT2D eigenvalue weighted by molar-refractivity contribution is 0.240. The Morgan fingerprint density at radius 3 is 2.56 bits per heavy atom. The highest BCUT2D eigenvalue weighted by Gasteiger charge is 2.03. The largest absolute Gasteiger partial charge is 0.338 e. The predicted octanol–water partition coefficient (Wildman–Crippen LogP) is 3.67. The highest BCUT2D eigenvalue weighted by Crippen LogP contribution is 2.09. The van der Waals surface area contributed by atoms with Crippen LogP contribution in [0.25, 0.3) is 0 Å². The molecule has 1 aromatic heterocycles. The monoisotopic (exact) mass is 362 g/mol. The Morgan fingerprint density at radius 2 is 1.78 bits per heavy atom. The minimum atomic E-state index is -0.126. The number of carbonyl (C=O) groups excluding carboxylic acids is 1. The van der Waals surface area contributed by atoms with Gasteiger partial charge in [0.05, 0.1) is 0 Å². The first kappa shape index (κ1) is 18.7. The van der Waals surface area contributed by atoms with Crippen LogP contribution in [0.2, 0.25) is 0 Å². The summed E-state index contributed by atoms with van der Waals surface area (Å²) in [6.45, 7) is 3.96. The molecule has 140 valence electrons. The number of nitrogens with one attached hydrogen (secondary N) is 2. The van der Waals surface area contributed by atoms with E-state index in [-0.39, 0.29) is 6.03 Å². The van der Waals surface area contributed by atoms with Gasteiger partial charge in [0.1, 0.15) is 5.82 Å². The molecule has 0 aliphatic heterocycles. The Kier molecular flexibility index (Phi) is 6.63. The second-order valence-electron chi connectivity index (χ2n) is 6.62. The minimum Gasteiger partial charge on any atom is -0.338 e. The highest BCUT2D eigenvalue weighted by molar-refractivity contribution is 5.73. The average molecular weight is 362 g/mol. The molecule has 5 nitrogen and oxygen atoms in total. The van der Waals surface area contributed by atoms with Crippen molar-refractivity contribution >= 4 is 6.03 Å². The van der Waals surface area contributed by atoms with Gasteiger partial charge < -0.3 is 15.2 Å². The van der Waals surface area contributed by atoms with Gasteiger partial charge in [-0.05, 0) is 36.5 Å². The summed E-state index contributed by atoms with van der Waals surface area (Å²) in [7, 11) is 0. The molecule has 3 rings (SSSR count). The van der Waals surface area contributed by atoms with E-state index in [0.29, 0.717) is 13.1 Å². The molecular formula is C22H26N4O. The number of aromatic nitrogens is 2. The zero-order chi connectivity index (χ0) is 18.9. The fraction of sp³-hybridized carbons (Fsp3) is 0.273. The van der Waals surface area contributed by atoms with Crippen LogP contribution in [0.5, 0.6) is 0 Å². The van der Waals surface area contributed by atoms with Crippen LogP contribution in [0.4, 0.5) is 4.79 Å². The van der Waals surface area contributed by atoms with E-state index in [4.69, 9.17) is 0 Å². The molecule has 0 spiro atoms. The lowest BCUT2D eigenvalue weighted by atomic mass is 10.1. The number of hydrogen-bond donors (Lipinski definition) is 2. The van der Waals surface area contributed by atoms with Gasteiger partial charge in [-0.25, -0.2) is 9.78 Å². The number of carbonyl (C=O) groups is 1. The van der Waals surface area contributed by atoms with E-state index in [2.05, 4.69) is 44.5 Å². The summed E-state index contributed by atoms with van der Waals surface area (Å²) in [6.07, 6.45) is 5.68. The normalized spacial score (nSPS) is 10.6. The number of aryl methyl sites for hydroxylation is 2. The van der Waals surface area contributed by atoms with Crippen molar-refractivity contribution in [1.29, 1.82) is 0 Å². The second-order valence-corrected chi connectivity index (χ2v) is 6.62. The first-order valence-corrected chi connectivity index (χ1v) is 9.32. The van der Waals surface area contributed by atoms with Crippen molar-refractivity contribution in [1.82, 2.24) is 20.2 Å². The molecule has 1 heterocycles. The Hall–Kier alpha value is -3.08. The third-order valence-electron chi connectivity index (χ3n) is 4.49. The molecule has 27 heavy (non-hydrogen) atoms. The molecule has 0 aliphatic carbocycles. The number of amides is 2. The highest BCUT2D eigenvalue weighted by atomic mass is 16.2. The smallest absolute Gasteiger partial charge is 0.315 e. The molecule has 0 saturated heterocycles. The van der Waals surface area contributed by atoms with Crippen molar-refractivity contribution in [2.24, 2.45) is 0 Å². The Balaban J connectivity index is 1.39. The summed E-state index contributed by atoms with van der Waals surface area (Å²) < 4.78 is 2.10. The van der Waals surface area contributed by atoms with Gasteiger partial charge in [-0.1, -0.05) is 54.6 Å². The molecule has 2 amide bonds. The molecule has 0 fully saturated rings. The maximum Gasteiger partial charge on any atom is 0.315 e. The van der Waals surface area contributed by atoms with Gasteiger partial charge in [0.15, 0.2) is 0 Å². The van der Waals surface area contributed by atoms with Crippen LogP contribution < -0.4 is 10.6 Å². The molecule has 0 bridgehead atoms. The molecule has 2 aromatic carbocycles. The maximum absolute atomic E-state index is 12.0. The second kappa shape index (κ2) is 9.57. The van der Waals surface area contributed by atoms with Crippen LogP contribution in [0.1, 0.15) is 28.9 Å². The molecule has 0 atom stereocenters. The van der Waals surface area contributed by atoms with Crippen molar-refractivity contribution in [3.8, 4) is 0 Å². The fourth-order valence-electron chi connectivity index (χ4n) is 2.99. The molecule has 0 aliphatic rings. The maximum atomic E-state index is 12.0. The molecule has 5 heteroatoms. The molecule has 0 saturated carbocycles. The van der Waals surface area contributed by atoms with Crippen LogP contribution in [-0.2, 0) is 19.5 Å². The fourth-order valence-corrected chi connectivity index (χ4v) is 2.99. The van der Waals surface area contributed by atoms with Crippen LogP contribution in [0, 0.1) is 6.92 Å². The van der Waals surface area contributed by atoms with Gasteiger partial charge in [0.25, 0.3) is 0 Å². The minimum absolute atomic E-state index is 0.126.